The maximum absolute atomic E-state index is 5.99. The Morgan fingerprint density at radius 3 is 2.86 bits per heavy atom. The van der Waals surface area contributed by atoms with E-state index in [1.54, 1.807) is 7.11 Å². The summed E-state index contributed by atoms with van der Waals surface area (Å²) < 4.78 is 13.7. The normalized spacial score (nSPS) is 21.6. The molecular formula is C23H29N3O2. The summed E-state index contributed by atoms with van der Waals surface area (Å²) >= 11 is 0. The zero-order valence-electron chi connectivity index (χ0n) is 17.1. The van der Waals surface area contributed by atoms with Crippen LogP contribution >= 0.6 is 0 Å². The molecule has 0 radical (unpaired) electrons. The van der Waals surface area contributed by atoms with Crippen LogP contribution in [-0.2, 0) is 21.6 Å². The molecule has 1 aromatic heterocycles. The van der Waals surface area contributed by atoms with Crippen LogP contribution in [0.3, 0.4) is 0 Å². The topological polar surface area (TPSA) is 49.2 Å². The number of nitrogens with zero attached hydrogens (tertiary/aromatic N) is 3. The van der Waals surface area contributed by atoms with Gasteiger partial charge in [0.05, 0.1) is 18.8 Å². The first-order valence-corrected chi connectivity index (χ1v) is 10.3. The van der Waals surface area contributed by atoms with E-state index in [9.17, 15) is 0 Å². The highest BCUT2D eigenvalue weighted by molar-refractivity contribution is 5.45. The van der Waals surface area contributed by atoms with E-state index in [0.717, 1.165) is 48.4 Å². The van der Waals surface area contributed by atoms with Gasteiger partial charge in [-0.2, -0.15) is 0 Å². The van der Waals surface area contributed by atoms with Crippen molar-refractivity contribution in [2.24, 2.45) is 5.92 Å². The molecule has 5 heteroatoms. The molecule has 148 valence electrons. The average Bonchev–Trinajstić information content (AvgIpc) is 3.44. The van der Waals surface area contributed by atoms with Gasteiger partial charge in [-0.3, -0.25) is 0 Å². The molecule has 2 aromatic rings. The summed E-state index contributed by atoms with van der Waals surface area (Å²) in [4.78, 5) is 0. The van der Waals surface area contributed by atoms with Crippen molar-refractivity contribution in [2.45, 2.75) is 64.2 Å². The molecular weight excluding hydrogens is 350 g/mol. The number of hydrogen-bond donors (Lipinski definition) is 0. The first kappa shape index (κ1) is 19.2. The molecule has 1 saturated carbocycles. The second kappa shape index (κ2) is 8.06. The summed E-state index contributed by atoms with van der Waals surface area (Å²) in [7, 11) is 1.73. The first-order valence-electron chi connectivity index (χ1n) is 10.3. The van der Waals surface area contributed by atoms with Crippen molar-refractivity contribution in [1.82, 2.24) is 15.0 Å². The molecule has 5 nitrogen and oxygen atoms in total. The summed E-state index contributed by atoms with van der Waals surface area (Å²) in [5.74, 6) is 7.24. The number of methoxy groups -OCH3 is 1. The Balaban J connectivity index is 1.59. The van der Waals surface area contributed by atoms with Crippen molar-refractivity contribution >= 4 is 0 Å². The summed E-state index contributed by atoms with van der Waals surface area (Å²) in [6, 6.07) is 6.34. The molecule has 0 spiro atoms. The third kappa shape index (κ3) is 4.14. The summed E-state index contributed by atoms with van der Waals surface area (Å²) in [6.07, 6.45) is 8.13. The quantitative estimate of drug-likeness (QED) is 0.741. The molecule has 0 N–H and O–H groups in total. The number of aryl methyl sites for hydroxylation is 1. The molecule has 1 aromatic carbocycles. The predicted octanol–water partition coefficient (Wildman–Crippen LogP) is 3.83. The lowest BCUT2D eigenvalue weighted by atomic mass is 9.88. The maximum Gasteiger partial charge on any atom is 0.135 e. The summed E-state index contributed by atoms with van der Waals surface area (Å²) in [6.45, 7) is 5.73. The number of ether oxygens (including phenoxy) is 2. The summed E-state index contributed by atoms with van der Waals surface area (Å²) in [5.41, 5.74) is 3.40. The third-order valence-electron chi connectivity index (χ3n) is 5.85. The van der Waals surface area contributed by atoms with Gasteiger partial charge in [0.2, 0.25) is 0 Å². The Morgan fingerprint density at radius 1 is 1.29 bits per heavy atom. The number of hydrogen-bond acceptors (Lipinski definition) is 4. The minimum atomic E-state index is -0.674. The van der Waals surface area contributed by atoms with Crippen molar-refractivity contribution in [3.05, 3.63) is 46.8 Å². The lowest BCUT2D eigenvalue weighted by Crippen LogP contribution is -2.28. The molecule has 2 atom stereocenters. The van der Waals surface area contributed by atoms with Crippen LogP contribution in [0.2, 0.25) is 0 Å². The molecule has 1 saturated heterocycles. The largest absolute Gasteiger partial charge is 0.376 e. The molecule has 2 fully saturated rings. The average molecular weight is 380 g/mol. The van der Waals surface area contributed by atoms with Crippen LogP contribution in [0, 0.1) is 24.7 Å². The standard InChI is InChI=1S/C23H29N3O2/c1-17-7-8-19(12-11-18-9-10-18)14-21(17)23(2,27-3)22-16-26(25-24-22)15-20-6-4-5-13-28-20/h7-8,14,16,18,20H,4-6,9-10,13,15H2,1-3H3. The summed E-state index contributed by atoms with van der Waals surface area (Å²) in [5, 5.41) is 8.80. The molecule has 0 amide bonds. The lowest BCUT2D eigenvalue weighted by molar-refractivity contribution is 0.00360. The van der Waals surface area contributed by atoms with E-state index in [2.05, 4.69) is 54.2 Å². The van der Waals surface area contributed by atoms with Gasteiger partial charge in [-0.25, -0.2) is 4.68 Å². The third-order valence-corrected chi connectivity index (χ3v) is 5.85. The highest BCUT2D eigenvalue weighted by atomic mass is 16.5. The minimum absolute atomic E-state index is 0.222. The second-order valence-electron chi connectivity index (χ2n) is 8.13. The van der Waals surface area contributed by atoms with Gasteiger partial charge in [0.15, 0.2) is 0 Å². The van der Waals surface area contributed by atoms with Gasteiger partial charge in [-0.1, -0.05) is 23.1 Å². The van der Waals surface area contributed by atoms with E-state index >= 15 is 0 Å². The van der Waals surface area contributed by atoms with Gasteiger partial charge in [-0.15, -0.1) is 5.10 Å². The maximum atomic E-state index is 5.99. The molecule has 4 rings (SSSR count). The van der Waals surface area contributed by atoms with E-state index < -0.39 is 5.60 Å². The molecule has 1 aliphatic carbocycles. The van der Waals surface area contributed by atoms with Gasteiger partial charge in [0, 0.05) is 25.2 Å². The zero-order chi connectivity index (χ0) is 19.6. The molecule has 1 aliphatic heterocycles. The highest BCUT2D eigenvalue weighted by Crippen LogP contribution is 2.34. The van der Waals surface area contributed by atoms with Gasteiger partial charge in [0.25, 0.3) is 0 Å². The fraction of sp³-hybridized carbons (Fsp3) is 0.565. The van der Waals surface area contributed by atoms with Gasteiger partial charge < -0.3 is 9.47 Å². The van der Waals surface area contributed by atoms with Crippen molar-refractivity contribution in [1.29, 1.82) is 0 Å². The van der Waals surface area contributed by atoms with E-state index in [4.69, 9.17) is 9.47 Å². The van der Waals surface area contributed by atoms with Crippen LogP contribution in [0.25, 0.3) is 0 Å². The molecule has 28 heavy (non-hydrogen) atoms. The minimum Gasteiger partial charge on any atom is -0.376 e. The van der Waals surface area contributed by atoms with Crippen LogP contribution < -0.4 is 0 Å². The SMILES string of the molecule is COC(C)(c1cn(CC2CCCCO2)nn1)c1cc(C#CC2CC2)ccc1C. The first-order chi connectivity index (χ1) is 13.6. The van der Waals surface area contributed by atoms with Crippen LogP contribution in [0.5, 0.6) is 0 Å². The predicted molar refractivity (Wildman–Crippen MR) is 108 cm³/mol. The Kier molecular flexibility index (Phi) is 5.52. The van der Waals surface area contributed by atoms with Crippen LogP contribution in [0.4, 0.5) is 0 Å². The van der Waals surface area contributed by atoms with Crippen molar-refractivity contribution < 1.29 is 9.47 Å². The van der Waals surface area contributed by atoms with Crippen LogP contribution in [-0.4, -0.2) is 34.8 Å². The van der Waals surface area contributed by atoms with E-state index in [-0.39, 0.29) is 6.10 Å². The van der Waals surface area contributed by atoms with Gasteiger partial charge >= 0.3 is 0 Å². The monoisotopic (exact) mass is 379 g/mol. The Bertz CT molecular complexity index is 885. The van der Waals surface area contributed by atoms with Crippen molar-refractivity contribution in [3.8, 4) is 11.8 Å². The van der Waals surface area contributed by atoms with Crippen LogP contribution in [0.15, 0.2) is 24.4 Å². The van der Waals surface area contributed by atoms with E-state index in [1.165, 1.54) is 19.3 Å². The smallest absolute Gasteiger partial charge is 0.135 e. The Labute approximate surface area is 167 Å². The van der Waals surface area contributed by atoms with Gasteiger partial charge in [0.1, 0.15) is 11.3 Å². The number of aromatic nitrogens is 3. The lowest BCUT2D eigenvalue weighted by Gasteiger charge is -2.28. The van der Waals surface area contributed by atoms with Crippen molar-refractivity contribution in [2.75, 3.05) is 13.7 Å². The second-order valence-corrected chi connectivity index (χ2v) is 8.13. The fourth-order valence-corrected chi connectivity index (χ4v) is 3.75. The van der Waals surface area contributed by atoms with Crippen molar-refractivity contribution in [3.63, 3.8) is 0 Å². The molecule has 2 heterocycles. The molecule has 0 bridgehead atoms. The van der Waals surface area contributed by atoms with E-state index in [0.29, 0.717) is 5.92 Å². The van der Waals surface area contributed by atoms with Gasteiger partial charge in [-0.05, 0) is 69.2 Å². The molecule has 2 unspecified atom stereocenters. The van der Waals surface area contributed by atoms with Crippen LogP contribution in [0.1, 0.15) is 61.4 Å². The molecule has 2 aliphatic rings. The zero-order valence-corrected chi connectivity index (χ0v) is 17.1. The van der Waals surface area contributed by atoms with E-state index in [1.807, 2.05) is 10.9 Å². The Hall–Kier alpha value is -2.16. The number of benzene rings is 1. The highest BCUT2D eigenvalue weighted by Gasteiger charge is 2.34. The Morgan fingerprint density at radius 2 is 2.14 bits per heavy atom. The fourth-order valence-electron chi connectivity index (χ4n) is 3.75. The number of rotatable bonds is 5.